The zero-order valence-electron chi connectivity index (χ0n) is 9.29. The molecule has 17 heavy (non-hydrogen) atoms. The Balaban J connectivity index is 2.32. The van der Waals surface area contributed by atoms with E-state index in [1.807, 2.05) is 0 Å². The van der Waals surface area contributed by atoms with Gasteiger partial charge in [0.05, 0.1) is 6.54 Å². The van der Waals surface area contributed by atoms with Crippen LogP contribution in [0.5, 0.6) is 0 Å². The molecular formula is C10H16F2N2O3. The van der Waals surface area contributed by atoms with E-state index in [9.17, 15) is 18.4 Å². The summed E-state index contributed by atoms with van der Waals surface area (Å²) in [7, 11) is 0. The summed E-state index contributed by atoms with van der Waals surface area (Å²) in [5.41, 5.74) is 4.80. The summed E-state index contributed by atoms with van der Waals surface area (Å²) in [6.45, 7) is -0.277. The molecule has 1 saturated carbocycles. The van der Waals surface area contributed by atoms with E-state index in [0.29, 0.717) is 0 Å². The molecule has 1 fully saturated rings. The maximum Gasteiger partial charge on any atom is 0.248 e. The molecule has 0 aromatic carbocycles. The van der Waals surface area contributed by atoms with Gasteiger partial charge in [0, 0.05) is 18.8 Å². The molecule has 0 spiro atoms. The molecule has 1 unspecified atom stereocenters. The second-order valence-electron chi connectivity index (χ2n) is 4.29. The molecule has 1 aliphatic carbocycles. The first kappa shape index (κ1) is 13.8. The van der Waals surface area contributed by atoms with Crippen LogP contribution in [-0.2, 0) is 9.59 Å². The molecule has 1 atom stereocenters. The van der Waals surface area contributed by atoms with Gasteiger partial charge in [-0.05, 0) is 12.8 Å². The number of amides is 2. The van der Waals surface area contributed by atoms with E-state index < -0.39 is 29.8 Å². The zero-order chi connectivity index (χ0) is 13.1. The number of halogens is 2. The SMILES string of the molecule is NC(=O)C(O)CNC(=O)C1CCC(F)(F)CC1. The Bertz CT molecular complexity index is 300. The van der Waals surface area contributed by atoms with Gasteiger partial charge in [-0.3, -0.25) is 9.59 Å². The first-order valence-corrected chi connectivity index (χ1v) is 5.45. The van der Waals surface area contributed by atoms with E-state index >= 15 is 0 Å². The highest BCUT2D eigenvalue weighted by Crippen LogP contribution is 2.36. The first-order chi connectivity index (χ1) is 7.82. The minimum Gasteiger partial charge on any atom is -0.381 e. The summed E-state index contributed by atoms with van der Waals surface area (Å²) in [6.07, 6.45) is -1.81. The Labute approximate surface area is 97.4 Å². The van der Waals surface area contributed by atoms with Crippen LogP contribution in [0.4, 0.5) is 8.78 Å². The highest BCUT2D eigenvalue weighted by molar-refractivity contribution is 5.82. The molecule has 1 rings (SSSR count). The number of rotatable bonds is 4. The molecule has 4 N–H and O–H groups in total. The van der Waals surface area contributed by atoms with Crippen LogP contribution in [0.3, 0.4) is 0 Å². The van der Waals surface area contributed by atoms with E-state index in [4.69, 9.17) is 10.8 Å². The molecule has 0 bridgehead atoms. The summed E-state index contributed by atoms with van der Waals surface area (Å²) in [5.74, 6) is -4.50. The molecular weight excluding hydrogens is 234 g/mol. The smallest absolute Gasteiger partial charge is 0.248 e. The number of nitrogens with one attached hydrogen (secondary N) is 1. The summed E-state index contributed by atoms with van der Waals surface area (Å²) in [6, 6.07) is 0. The average molecular weight is 250 g/mol. The van der Waals surface area contributed by atoms with Crippen molar-refractivity contribution in [2.45, 2.75) is 37.7 Å². The van der Waals surface area contributed by atoms with Crippen molar-refractivity contribution in [2.24, 2.45) is 11.7 Å². The third-order valence-electron chi connectivity index (χ3n) is 2.89. The molecule has 0 aromatic heterocycles. The maximum atomic E-state index is 12.8. The fourth-order valence-electron chi connectivity index (χ4n) is 1.74. The van der Waals surface area contributed by atoms with Gasteiger partial charge in [0.1, 0.15) is 6.10 Å². The Kier molecular flexibility index (Phi) is 4.39. The molecule has 0 heterocycles. The summed E-state index contributed by atoms with van der Waals surface area (Å²) < 4.78 is 25.7. The zero-order valence-corrected chi connectivity index (χ0v) is 9.29. The van der Waals surface area contributed by atoms with Crippen molar-refractivity contribution in [3.63, 3.8) is 0 Å². The van der Waals surface area contributed by atoms with E-state index in [-0.39, 0.29) is 32.2 Å². The fraction of sp³-hybridized carbons (Fsp3) is 0.800. The lowest BCUT2D eigenvalue weighted by Crippen LogP contribution is -2.43. The number of aliphatic hydroxyl groups is 1. The Morgan fingerprint density at radius 2 is 1.94 bits per heavy atom. The van der Waals surface area contributed by atoms with Gasteiger partial charge in [0.2, 0.25) is 17.7 Å². The molecule has 7 heteroatoms. The van der Waals surface area contributed by atoms with Crippen LogP contribution in [0.25, 0.3) is 0 Å². The number of carbonyl (C=O) groups excluding carboxylic acids is 2. The van der Waals surface area contributed by atoms with Crippen molar-refractivity contribution in [1.29, 1.82) is 0 Å². The Hall–Kier alpha value is -1.24. The normalized spacial score (nSPS) is 21.8. The van der Waals surface area contributed by atoms with Crippen molar-refractivity contribution in [1.82, 2.24) is 5.32 Å². The highest BCUT2D eigenvalue weighted by atomic mass is 19.3. The number of carbonyl (C=O) groups is 2. The van der Waals surface area contributed by atoms with Gasteiger partial charge in [-0.25, -0.2) is 8.78 Å². The third kappa shape index (κ3) is 4.26. The van der Waals surface area contributed by atoms with Crippen LogP contribution >= 0.6 is 0 Å². The van der Waals surface area contributed by atoms with Gasteiger partial charge in [0.15, 0.2) is 0 Å². The van der Waals surface area contributed by atoms with E-state index in [0.717, 1.165) is 0 Å². The monoisotopic (exact) mass is 250 g/mol. The van der Waals surface area contributed by atoms with Gasteiger partial charge in [-0.1, -0.05) is 0 Å². The number of nitrogens with two attached hydrogens (primary N) is 1. The number of primary amides is 1. The molecule has 1 aliphatic rings. The second kappa shape index (κ2) is 5.39. The number of aliphatic hydroxyl groups excluding tert-OH is 1. The number of hydrogen-bond donors (Lipinski definition) is 3. The summed E-state index contributed by atoms with van der Waals surface area (Å²) in [5, 5.41) is 11.4. The van der Waals surface area contributed by atoms with Crippen molar-refractivity contribution in [3.8, 4) is 0 Å². The lowest BCUT2D eigenvalue weighted by Gasteiger charge is -2.27. The predicted octanol–water partition coefficient (Wildman–Crippen LogP) is -0.226. The van der Waals surface area contributed by atoms with Crippen molar-refractivity contribution < 1.29 is 23.5 Å². The van der Waals surface area contributed by atoms with E-state index in [2.05, 4.69) is 5.32 Å². The third-order valence-corrected chi connectivity index (χ3v) is 2.89. The van der Waals surface area contributed by atoms with Gasteiger partial charge >= 0.3 is 0 Å². The van der Waals surface area contributed by atoms with Crippen LogP contribution in [0.2, 0.25) is 0 Å². The standard InChI is InChI=1S/C10H16F2N2O3/c11-10(12)3-1-6(2-4-10)9(17)14-5-7(15)8(13)16/h6-7,15H,1-5H2,(H2,13,16)(H,14,17). The molecule has 0 aliphatic heterocycles. The van der Waals surface area contributed by atoms with Crippen LogP contribution in [0.15, 0.2) is 0 Å². The molecule has 0 aromatic rings. The minimum absolute atomic E-state index is 0.117. The average Bonchev–Trinajstić information content (AvgIpc) is 2.25. The highest BCUT2D eigenvalue weighted by Gasteiger charge is 2.37. The maximum absolute atomic E-state index is 12.8. The van der Waals surface area contributed by atoms with Crippen LogP contribution < -0.4 is 11.1 Å². The van der Waals surface area contributed by atoms with Gasteiger partial charge in [-0.15, -0.1) is 0 Å². The lowest BCUT2D eigenvalue weighted by molar-refractivity contribution is -0.130. The van der Waals surface area contributed by atoms with Crippen molar-refractivity contribution in [2.75, 3.05) is 6.54 Å². The topological polar surface area (TPSA) is 92.4 Å². The summed E-state index contributed by atoms with van der Waals surface area (Å²) >= 11 is 0. The fourth-order valence-corrected chi connectivity index (χ4v) is 1.74. The van der Waals surface area contributed by atoms with E-state index in [1.54, 1.807) is 0 Å². The lowest BCUT2D eigenvalue weighted by atomic mass is 9.86. The minimum atomic E-state index is -2.68. The quantitative estimate of drug-likeness (QED) is 0.643. The van der Waals surface area contributed by atoms with Crippen LogP contribution in [0, 0.1) is 5.92 Å². The van der Waals surface area contributed by atoms with Gasteiger partial charge in [0.25, 0.3) is 0 Å². The summed E-state index contributed by atoms with van der Waals surface area (Å²) in [4.78, 5) is 22.0. The molecule has 2 amide bonds. The van der Waals surface area contributed by atoms with Gasteiger partial charge < -0.3 is 16.2 Å². The van der Waals surface area contributed by atoms with Crippen LogP contribution in [-0.4, -0.2) is 35.5 Å². The van der Waals surface area contributed by atoms with Gasteiger partial charge in [-0.2, -0.15) is 0 Å². The van der Waals surface area contributed by atoms with Crippen molar-refractivity contribution in [3.05, 3.63) is 0 Å². The largest absolute Gasteiger partial charge is 0.381 e. The predicted molar refractivity (Wildman–Crippen MR) is 55.1 cm³/mol. The first-order valence-electron chi connectivity index (χ1n) is 5.45. The van der Waals surface area contributed by atoms with E-state index in [1.165, 1.54) is 0 Å². The number of alkyl halides is 2. The van der Waals surface area contributed by atoms with Crippen molar-refractivity contribution >= 4 is 11.8 Å². The Morgan fingerprint density at radius 3 is 2.41 bits per heavy atom. The van der Waals surface area contributed by atoms with Crippen LogP contribution in [0.1, 0.15) is 25.7 Å². The molecule has 5 nitrogen and oxygen atoms in total. The number of hydrogen-bond acceptors (Lipinski definition) is 3. The molecule has 0 radical (unpaired) electrons. The Morgan fingerprint density at radius 1 is 1.41 bits per heavy atom. The molecule has 0 saturated heterocycles. The second-order valence-corrected chi connectivity index (χ2v) is 4.29. The molecule has 98 valence electrons.